The molecule has 0 aromatic carbocycles. The lowest BCUT2D eigenvalue weighted by Crippen LogP contribution is -2.42. The Morgan fingerprint density at radius 2 is 2.02 bits per heavy atom. The van der Waals surface area contributed by atoms with Gasteiger partial charge >= 0.3 is 23.3 Å². The average Bonchev–Trinajstić information content (AvgIpc) is 3.62. The van der Waals surface area contributed by atoms with Crippen molar-refractivity contribution in [3.05, 3.63) is 65.8 Å². The van der Waals surface area contributed by atoms with E-state index in [0.29, 0.717) is 5.75 Å². The van der Waals surface area contributed by atoms with Gasteiger partial charge in [0, 0.05) is 48.4 Å². The molecule has 0 spiro atoms. The fraction of sp³-hybridized carbons (Fsp3) is 0.560. The summed E-state index contributed by atoms with van der Waals surface area (Å²) in [6.45, 7) is 2.21. The summed E-state index contributed by atoms with van der Waals surface area (Å²) < 4.78 is 24.6. The lowest BCUT2D eigenvalue weighted by atomic mass is 10.1. The van der Waals surface area contributed by atoms with Gasteiger partial charge in [0.05, 0.1) is 6.04 Å². The number of esters is 2. The lowest BCUT2D eigenvalue weighted by molar-refractivity contribution is -0.152. The van der Waals surface area contributed by atoms with Gasteiger partial charge in [-0.3, -0.25) is 28.5 Å². The quantitative estimate of drug-likeness (QED) is 0.115. The summed E-state index contributed by atoms with van der Waals surface area (Å²) in [5, 5.41) is 6.12. The molecule has 0 bridgehead atoms. The first-order valence-corrected chi connectivity index (χ1v) is 14.7. The maximum absolute atomic E-state index is 12.8. The van der Waals surface area contributed by atoms with Gasteiger partial charge in [-0.1, -0.05) is 5.11 Å². The topological polar surface area (TPSA) is 265 Å². The highest BCUT2D eigenvalue weighted by Crippen LogP contribution is 2.32. The lowest BCUT2D eigenvalue weighted by Gasteiger charge is -2.19. The number of nitrogens with one attached hydrogen (secondary N) is 2. The van der Waals surface area contributed by atoms with Gasteiger partial charge in [-0.2, -0.15) is 4.98 Å². The fourth-order valence-corrected chi connectivity index (χ4v) is 5.59. The van der Waals surface area contributed by atoms with Crippen LogP contribution >= 0.6 is 11.8 Å². The van der Waals surface area contributed by atoms with Crippen molar-refractivity contribution < 1.29 is 33.3 Å². The second-order valence-electron chi connectivity index (χ2n) is 10.1. The van der Waals surface area contributed by atoms with Crippen LogP contribution in [-0.4, -0.2) is 79.5 Å². The maximum Gasteiger partial charge on any atom is 0.351 e. The molecule has 4 heterocycles. The summed E-state index contributed by atoms with van der Waals surface area (Å²) in [5.74, 6) is -1.59. The number of nitrogen functional groups attached to an aromatic ring is 1. The van der Waals surface area contributed by atoms with Crippen LogP contribution in [0, 0.1) is 6.92 Å². The molecule has 0 saturated carbocycles. The molecule has 0 radical (unpaired) electrons. The molecule has 2 aromatic heterocycles. The summed E-state index contributed by atoms with van der Waals surface area (Å²) in [6.07, 6.45) is 0.0215. The number of azide groups is 1. The number of carbonyl (C=O) groups excluding carboxylic acids is 3. The molecule has 2 unspecified atom stereocenters. The number of hydrogen-bond acceptors (Lipinski definition) is 14. The van der Waals surface area contributed by atoms with Crippen LogP contribution in [0.25, 0.3) is 10.4 Å². The average molecular weight is 650 g/mol. The number of aromatic amines is 1. The highest BCUT2D eigenvalue weighted by molar-refractivity contribution is 8.00. The number of H-pyrrole nitrogens is 1. The Labute approximate surface area is 258 Å². The number of ether oxygens (including phenoxy) is 4. The Bertz CT molecular complexity index is 1650. The van der Waals surface area contributed by atoms with Crippen LogP contribution in [0.5, 0.6) is 0 Å². The molecule has 4 N–H and O–H groups in total. The number of nitrogens with zero attached hydrogens (tertiary/aromatic N) is 6. The molecule has 20 heteroatoms. The largest absolute Gasteiger partial charge is 0.463 e. The molecule has 242 valence electrons. The Morgan fingerprint density at radius 3 is 2.73 bits per heavy atom. The van der Waals surface area contributed by atoms with Crippen LogP contribution in [0.1, 0.15) is 44.2 Å². The fourth-order valence-electron chi connectivity index (χ4n) is 4.60. The Kier molecular flexibility index (Phi) is 11.0. The van der Waals surface area contributed by atoms with Gasteiger partial charge < -0.3 is 30.0 Å². The Hall–Kier alpha value is -4.65. The standard InChI is InChI=1S/C25H31N9O10S/c1-12-8-34(25(40)30-22(12)37)18-7-15(31-32-27)16(43-18)9-41-20(36)4-3-14(28-13(2)35)23(38)42-10-21-44-19(11-45-21)33-6-5-17(26)29-24(33)39/h5-6,8,14-16,18-19,21H,3-4,7,9-11H2,1-2H3,(H,28,35)(H2,26,29,39)(H,30,37,40)/t14?,15?,16-,18-,19-,21+/m1/s1. The zero-order valence-corrected chi connectivity index (χ0v) is 25.0. The SMILES string of the molecule is CC(=O)NC(CCC(=O)OC[C@H]1O[C@@H](n2cc(C)c(=O)[nH]c2=O)CC1N=[N+]=[N-])C(=O)OC[C@H]1O[C@@H](n2ccc(N)nc2=O)CS1. The predicted molar refractivity (Wildman–Crippen MR) is 156 cm³/mol. The summed E-state index contributed by atoms with van der Waals surface area (Å²) in [5.41, 5.74) is 12.3. The zero-order chi connectivity index (χ0) is 32.7. The molecular formula is C25H31N9O10S. The third-order valence-corrected chi connectivity index (χ3v) is 7.92. The van der Waals surface area contributed by atoms with Crippen LogP contribution in [0.4, 0.5) is 5.82 Å². The van der Waals surface area contributed by atoms with E-state index in [4.69, 9.17) is 30.2 Å². The minimum Gasteiger partial charge on any atom is -0.463 e. The normalized spacial score (nSPS) is 23.1. The first-order chi connectivity index (χ1) is 21.4. The molecule has 0 aliphatic carbocycles. The van der Waals surface area contributed by atoms with Crippen molar-refractivity contribution in [1.82, 2.24) is 24.4 Å². The molecule has 2 saturated heterocycles. The van der Waals surface area contributed by atoms with E-state index in [1.807, 2.05) is 0 Å². The van der Waals surface area contributed by atoms with Gasteiger partial charge in [0.1, 0.15) is 49.1 Å². The van der Waals surface area contributed by atoms with Crippen molar-refractivity contribution in [2.75, 3.05) is 24.7 Å². The van der Waals surface area contributed by atoms with Gasteiger partial charge in [0.2, 0.25) is 5.91 Å². The molecule has 19 nitrogen and oxygen atoms in total. The van der Waals surface area contributed by atoms with Crippen molar-refractivity contribution in [1.29, 1.82) is 0 Å². The molecule has 1 amide bonds. The molecule has 2 aliphatic rings. The van der Waals surface area contributed by atoms with Gasteiger partial charge in [-0.05, 0) is 24.9 Å². The minimum atomic E-state index is -1.17. The van der Waals surface area contributed by atoms with Crippen LogP contribution in [0.15, 0.2) is 38.0 Å². The van der Waals surface area contributed by atoms with Crippen molar-refractivity contribution in [3.8, 4) is 0 Å². The van der Waals surface area contributed by atoms with E-state index in [1.54, 1.807) is 0 Å². The van der Waals surface area contributed by atoms with Gasteiger partial charge in [-0.25, -0.2) is 14.4 Å². The number of anilines is 1. The summed E-state index contributed by atoms with van der Waals surface area (Å²) >= 11 is 1.31. The van der Waals surface area contributed by atoms with E-state index in [1.165, 1.54) is 48.6 Å². The molecule has 45 heavy (non-hydrogen) atoms. The Morgan fingerprint density at radius 1 is 1.24 bits per heavy atom. The monoisotopic (exact) mass is 649 g/mol. The van der Waals surface area contributed by atoms with E-state index in [-0.39, 0.29) is 43.9 Å². The van der Waals surface area contributed by atoms with E-state index in [2.05, 4.69) is 25.3 Å². The molecule has 2 aliphatic heterocycles. The number of nitrogens with two attached hydrogens (primary N) is 1. The van der Waals surface area contributed by atoms with Crippen molar-refractivity contribution in [3.63, 3.8) is 0 Å². The van der Waals surface area contributed by atoms with Gasteiger partial charge in [0.15, 0.2) is 0 Å². The summed E-state index contributed by atoms with van der Waals surface area (Å²) in [6, 6.07) is -0.487. The van der Waals surface area contributed by atoms with E-state index < -0.39 is 70.9 Å². The minimum absolute atomic E-state index is 0.0776. The van der Waals surface area contributed by atoms with Gasteiger partial charge in [-0.15, -0.1) is 11.8 Å². The number of carbonyl (C=O) groups is 3. The summed E-state index contributed by atoms with van der Waals surface area (Å²) in [7, 11) is 0. The highest BCUT2D eigenvalue weighted by Gasteiger charge is 2.37. The van der Waals surface area contributed by atoms with Crippen LogP contribution in [0.2, 0.25) is 0 Å². The predicted octanol–water partition coefficient (Wildman–Crippen LogP) is -0.390. The van der Waals surface area contributed by atoms with Crippen LogP contribution < -0.4 is 28.0 Å². The van der Waals surface area contributed by atoms with Crippen molar-refractivity contribution >= 4 is 35.4 Å². The number of rotatable bonds is 12. The number of amides is 1. The number of hydrogen-bond donors (Lipinski definition) is 3. The molecule has 2 fully saturated rings. The van der Waals surface area contributed by atoms with Crippen LogP contribution in [-0.2, 0) is 33.3 Å². The summed E-state index contributed by atoms with van der Waals surface area (Å²) in [4.78, 5) is 81.7. The second-order valence-corrected chi connectivity index (χ2v) is 11.3. The zero-order valence-electron chi connectivity index (χ0n) is 24.2. The van der Waals surface area contributed by atoms with Crippen molar-refractivity contribution in [2.24, 2.45) is 5.11 Å². The smallest absolute Gasteiger partial charge is 0.351 e. The third-order valence-electron chi connectivity index (χ3n) is 6.82. The maximum atomic E-state index is 12.8. The molecule has 2 aromatic rings. The van der Waals surface area contributed by atoms with Crippen LogP contribution in [0.3, 0.4) is 0 Å². The number of thioether (sulfide) groups is 1. The van der Waals surface area contributed by atoms with E-state index in [9.17, 15) is 28.8 Å². The Balaban J connectivity index is 1.27. The molecular weight excluding hydrogens is 618 g/mol. The first kappa shape index (κ1) is 33.2. The second kappa shape index (κ2) is 14.9. The van der Waals surface area contributed by atoms with E-state index >= 15 is 0 Å². The third kappa shape index (κ3) is 8.72. The first-order valence-electron chi connectivity index (χ1n) is 13.7. The highest BCUT2D eigenvalue weighted by atomic mass is 32.2. The van der Waals surface area contributed by atoms with Gasteiger partial charge in [0.25, 0.3) is 5.56 Å². The number of aromatic nitrogens is 4. The van der Waals surface area contributed by atoms with Crippen molar-refractivity contribution in [2.45, 2.75) is 69.2 Å². The molecule has 4 rings (SSSR count). The number of aryl methyl sites for hydroxylation is 1. The molecule has 6 atom stereocenters. The van der Waals surface area contributed by atoms with E-state index in [0.717, 1.165) is 4.57 Å².